The molecule has 1 amide bonds. The van der Waals surface area contributed by atoms with Crippen LogP contribution >= 0.6 is 0 Å². The number of nitrogens with zero attached hydrogens (tertiary/aromatic N) is 4. The molecule has 172 valence electrons. The smallest absolute Gasteiger partial charge is 0.260 e. The van der Waals surface area contributed by atoms with Crippen molar-refractivity contribution < 1.29 is 9.53 Å². The fraction of sp³-hybridized carbons (Fsp3) is 0.444. The van der Waals surface area contributed by atoms with Gasteiger partial charge >= 0.3 is 0 Å². The summed E-state index contributed by atoms with van der Waals surface area (Å²) < 4.78 is 8.35. The second-order valence-corrected chi connectivity index (χ2v) is 9.17. The van der Waals surface area contributed by atoms with E-state index in [9.17, 15) is 4.79 Å². The number of rotatable bonds is 6. The van der Waals surface area contributed by atoms with E-state index in [0.717, 1.165) is 61.7 Å². The lowest BCUT2D eigenvalue weighted by Crippen LogP contribution is -2.42. The Bertz CT molecular complexity index is 1080. The van der Waals surface area contributed by atoms with Crippen molar-refractivity contribution in [3.63, 3.8) is 0 Å². The fourth-order valence-corrected chi connectivity index (χ4v) is 5.06. The average molecular weight is 445 g/mol. The molecule has 1 aromatic heterocycles. The summed E-state index contributed by atoms with van der Waals surface area (Å²) in [5.41, 5.74) is 2.32. The van der Waals surface area contributed by atoms with E-state index in [4.69, 9.17) is 4.74 Å². The number of piperidine rings is 1. The van der Waals surface area contributed by atoms with E-state index >= 15 is 0 Å². The first-order valence-electron chi connectivity index (χ1n) is 12.2. The van der Waals surface area contributed by atoms with Crippen molar-refractivity contribution >= 4 is 5.91 Å². The van der Waals surface area contributed by atoms with Crippen LogP contribution in [0, 0.1) is 0 Å². The summed E-state index contributed by atoms with van der Waals surface area (Å²) in [6, 6.07) is 18.3. The van der Waals surface area contributed by atoms with Crippen LogP contribution < -0.4 is 4.74 Å². The number of carbonyl (C=O) groups is 1. The zero-order valence-corrected chi connectivity index (χ0v) is 19.2. The highest BCUT2D eigenvalue weighted by Gasteiger charge is 2.29. The highest BCUT2D eigenvalue weighted by atomic mass is 16.5. The van der Waals surface area contributed by atoms with Crippen LogP contribution in [-0.2, 0) is 24.2 Å². The summed E-state index contributed by atoms with van der Waals surface area (Å²) in [4.78, 5) is 15.0. The number of aryl methyl sites for hydroxylation is 1. The zero-order chi connectivity index (χ0) is 22.5. The maximum Gasteiger partial charge on any atom is 0.260 e. The minimum atomic E-state index is 0.0461. The topological polar surface area (TPSA) is 60.2 Å². The van der Waals surface area contributed by atoms with Gasteiger partial charge in [0.05, 0.1) is 0 Å². The summed E-state index contributed by atoms with van der Waals surface area (Å²) in [6.45, 7) is 2.55. The van der Waals surface area contributed by atoms with E-state index < -0.39 is 0 Å². The third kappa shape index (κ3) is 5.10. The Morgan fingerprint density at radius 1 is 0.939 bits per heavy atom. The molecule has 0 aliphatic carbocycles. The molecular formula is C27H32N4O2. The van der Waals surface area contributed by atoms with E-state index in [1.54, 1.807) is 0 Å². The second-order valence-electron chi connectivity index (χ2n) is 9.17. The van der Waals surface area contributed by atoms with Crippen LogP contribution in [-0.4, -0.2) is 45.3 Å². The molecule has 3 heterocycles. The molecule has 0 saturated carbocycles. The maximum absolute atomic E-state index is 13.1. The van der Waals surface area contributed by atoms with Crippen LogP contribution in [0.3, 0.4) is 0 Å². The highest BCUT2D eigenvalue weighted by molar-refractivity contribution is 5.78. The van der Waals surface area contributed by atoms with Crippen molar-refractivity contribution in [1.82, 2.24) is 19.7 Å². The van der Waals surface area contributed by atoms with Crippen molar-refractivity contribution in [1.29, 1.82) is 0 Å². The first-order valence-corrected chi connectivity index (χ1v) is 12.2. The molecule has 1 fully saturated rings. The Balaban J connectivity index is 1.22. The zero-order valence-electron chi connectivity index (χ0n) is 19.2. The van der Waals surface area contributed by atoms with E-state index in [1.165, 1.54) is 24.8 Å². The van der Waals surface area contributed by atoms with Gasteiger partial charge in [0.1, 0.15) is 17.4 Å². The van der Waals surface area contributed by atoms with Crippen LogP contribution in [0.25, 0.3) is 0 Å². The number of aromatic nitrogens is 3. The van der Waals surface area contributed by atoms with Gasteiger partial charge in [0.25, 0.3) is 5.91 Å². The van der Waals surface area contributed by atoms with Gasteiger partial charge < -0.3 is 14.2 Å². The van der Waals surface area contributed by atoms with Crippen LogP contribution in [0.15, 0.2) is 54.6 Å². The van der Waals surface area contributed by atoms with E-state index in [-0.39, 0.29) is 18.4 Å². The van der Waals surface area contributed by atoms with Gasteiger partial charge in [0, 0.05) is 38.4 Å². The second kappa shape index (κ2) is 10.2. The molecule has 2 aromatic carbocycles. The molecule has 1 atom stereocenters. The van der Waals surface area contributed by atoms with Crippen LogP contribution in [0.5, 0.6) is 5.75 Å². The number of ether oxygens (including phenoxy) is 1. The molecule has 2 aliphatic rings. The number of fused-ring (bicyclic) bond motifs is 1. The summed E-state index contributed by atoms with van der Waals surface area (Å²) in [7, 11) is 0. The molecule has 2 aliphatic heterocycles. The Morgan fingerprint density at radius 3 is 2.70 bits per heavy atom. The standard InChI is InChI=1S/C27H32N4O2/c32-26(20-33-24-14-7-6-12-22(24)18-21-10-3-1-4-11-21)30-16-9-13-23(19-30)27-29-28-25-15-5-2-8-17-31(25)27/h1,3-4,6-7,10-12,14,23H,2,5,8-9,13,15-20H2. The van der Waals surface area contributed by atoms with E-state index in [2.05, 4.69) is 33.0 Å². The molecule has 33 heavy (non-hydrogen) atoms. The predicted molar refractivity (Wildman–Crippen MR) is 127 cm³/mol. The summed E-state index contributed by atoms with van der Waals surface area (Å²) >= 11 is 0. The van der Waals surface area contributed by atoms with Gasteiger partial charge in [-0.2, -0.15) is 0 Å². The molecule has 0 spiro atoms. The first kappa shape index (κ1) is 21.7. The molecular weight excluding hydrogens is 412 g/mol. The Kier molecular flexibility index (Phi) is 6.70. The quantitative estimate of drug-likeness (QED) is 0.566. The van der Waals surface area contributed by atoms with Crippen LogP contribution in [0.4, 0.5) is 0 Å². The van der Waals surface area contributed by atoms with Gasteiger partial charge in [-0.25, -0.2) is 0 Å². The Hall–Kier alpha value is -3.15. The maximum atomic E-state index is 13.1. The normalized spacial score (nSPS) is 18.4. The van der Waals surface area contributed by atoms with Crippen LogP contribution in [0.1, 0.15) is 60.8 Å². The number of benzene rings is 2. The molecule has 0 N–H and O–H groups in total. The number of amides is 1. The Labute approximate surface area is 195 Å². The lowest BCUT2D eigenvalue weighted by molar-refractivity contribution is -0.134. The van der Waals surface area contributed by atoms with Gasteiger partial charge in [0.2, 0.25) is 0 Å². The third-order valence-electron chi connectivity index (χ3n) is 6.84. The third-order valence-corrected chi connectivity index (χ3v) is 6.84. The largest absolute Gasteiger partial charge is 0.483 e. The van der Waals surface area contributed by atoms with Crippen molar-refractivity contribution in [2.45, 2.75) is 57.4 Å². The monoisotopic (exact) mass is 444 g/mol. The molecule has 6 heteroatoms. The molecule has 5 rings (SSSR count). The molecule has 0 bridgehead atoms. The molecule has 3 aromatic rings. The molecule has 1 saturated heterocycles. The molecule has 6 nitrogen and oxygen atoms in total. The number of likely N-dealkylation sites (tertiary alicyclic amines) is 1. The number of hydrogen-bond acceptors (Lipinski definition) is 4. The SMILES string of the molecule is O=C(COc1ccccc1Cc1ccccc1)N1CCCC(c2nnc3n2CCCCC3)C1. The summed E-state index contributed by atoms with van der Waals surface area (Å²) in [5, 5.41) is 9.01. The Morgan fingerprint density at radius 2 is 1.79 bits per heavy atom. The van der Waals surface area contributed by atoms with Crippen LogP contribution in [0.2, 0.25) is 0 Å². The minimum Gasteiger partial charge on any atom is -0.483 e. The first-order chi connectivity index (χ1) is 16.3. The van der Waals surface area contributed by atoms with Gasteiger partial charge in [-0.05, 0) is 42.9 Å². The lowest BCUT2D eigenvalue weighted by atomic mass is 9.97. The number of para-hydroxylation sites is 1. The van der Waals surface area contributed by atoms with Gasteiger partial charge in [-0.15, -0.1) is 10.2 Å². The highest BCUT2D eigenvalue weighted by Crippen LogP contribution is 2.28. The minimum absolute atomic E-state index is 0.0461. The van der Waals surface area contributed by atoms with Gasteiger partial charge in [-0.1, -0.05) is 55.0 Å². The molecule has 0 radical (unpaired) electrons. The van der Waals surface area contributed by atoms with E-state index in [0.29, 0.717) is 6.54 Å². The molecule has 1 unspecified atom stereocenters. The van der Waals surface area contributed by atoms with Crippen molar-refractivity contribution in [3.05, 3.63) is 77.4 Å². The lowest BCUT2D eigenvalue weighted by Gasteiger charge is -2.32. The average Bonchev–Trinajstić information content (AvgIpc) is 3.12. The van der Waals surface area contributed by atoms with Gasteiger partial charge in [0.15, 0.2) is 6.61 Å². The van der Waals surface area contributed by atoms with Crippen molar-refractivity contribution in [3.8, 4) is 5.75 Å². The van der Waals surface area contributed by atoms with Crippen molar-refractivity contribution in [2.24, 2.45) is 0 Å². The number of carbonyl (C=O) groups excluding carboxylic acids is 1. The summed E-state index contributed by atoms with van der Waals surface area (Å²) in [5.74, 6) is 3.27. The predicted octanol–water partition coefficient (Wildman–Crippen LogP) is 4.38. The summed E-state index contributed by atoms with van der Waals surface area (Å²) in [6.07, 6.45) is 7.47. The number of hydrogen-bond donors (Lipinski definition) is 0. The van der Waals surface area contributed by atoms with Crippen molar-refractivity contribution in [2.75, 3.05) is 19.7 Å². The van der Waals surface area contributed by atoms with Gasteiger partial charge in [-0.3, -0.25) is 4.79 Å². The fourth-order valence-electron chi connectivity index (χ4n) is 5.06. The van der Waals surface area contributed by atoms with E-state index in [1.807, 2.05) is 41.3 Å².